The van der Waals surface area contributed by atoms with Crippen LogP contribution in [0.4, 0.5) is 15.9 Å². The number of nitrogens with two attached hydrogens (primary N) is 1. The predicted molar refractivity (Wildman–Crippen MR) is 110 cm³/mol. The Morgan fingerprint density at radius 2 is 1.93 bits per heavy atom. The molecule has 1 saturated heterocycles. The van der Waals surface area contributed by atoms with Crippen LogP contribution in [0.5, 0.6) is 11.8 Å². The molecule has 1 saturated carbocycles. The SMILES string of the molecule is CNc1ccc(F)c2c1[nH]c1nc(Oc3cncnc3)nc(N3CC4C(N)C4C3)c12. The van der Waals surface area contributed by atoms with Gasteiger partial charge in [-0.1, -0.05) is 0 Å². The van der Waals surface area contributed by atoms with Gasteiger partial charge in [-0.3, -0.25) is 0 Å². The molecule has 2 unspecified atom stereocenters. The number of benzene rings is 1. The average Bonchev–Trinajstić information content (AvgIpc) is 3.13. The van der Waals surface area contributed by atoms with Crippen LogP contribution >= 0.6 is 0 Å². The van der Waals surface area contributed by atoms with Gasteiger partial charge in [0.05, 0.1) is 34.4 Å². The molecule has 30 heavy (non-hydrogen) atoms. The Bertz CT molecular complexity index is 1260. The Morgan fingerprint density at radius 1 is 1.17 bits per heavy atom. The second-order valence-electron chi connectivity index (χ2n) is 7.76. The Balaban J connectivity index is 1.56. The lowest BCUT2D eigenvalue weighted by atomic mass is 10.1. The van der Waals surface area contributed by atoms with Crippen molar-refractivity contribution in [1.82, 2.24) is 24.9 Å². The monoisotopic (exact) mass is 406 g/mol. The number of nitrogens with one attached hydrogen (secondary N) is 2. The van der Waals surface area contributed by atoms with Crippen molar-refractivity contribution in [2.45, 2.75) is 6.04 Å². The summed E-state index contributed by atoms with van der Waals surface area (Å²) in [5.74, 6) is 1.64. The maximum atomic E-state index is 14.9. The van der Waals surface area contributed by atoms with Crippen molar-refractivity contribution in [3.05, 3.63) is 36.7 Å². The van der Waals surface area contributed by atoms with Crippen molar-refractivity contribution >= 4 is 33.4 Å². The summed E-state index contributed by atoms with van der Waals surface area (Å²) in [6.45, 7) is 1.57. The number of fused-ring (bicyclic) bond motifs is 4. The van der Waals surface area contributed by atoms with E-state index in [4.69, 9.17) is 10.5 Å². The largest absolute Gasteiger partial charge is 0.421 e. The van der Waals surface area contributed by atoms with Gasteiger partial charge in [0, 0.05) is 26.2 Å². The topological polar surface area (TPSA) is 118 Å². The number of piperidine rings is 1. The van der Waals surface area contributed by atoms with Gasteiger partial charge in [-0.15, -0.1) is 0 Å². The molecule has 1 aliphatic carbocycles. The van der Waals surface area contributed by atoms with E-state index >= 15 is 0 Å². The third-order valence-electron chi connectivity index (χ3n) is 6.09. The molecule has 0 radical (unpaired) electrons. The predicted octanol–water partition coefficient (Wildman–Crippen LogP) is 2.27. The second-order valence-corrected chi connectivity index (χ2v) is 7.76. The van der Waals surface area contributed by atoms with Gasteiger partial charge in [0.2, 0.25) is 0 Å². The molecule has 6 rings (SSSR count). The fourth-order valence-corrected chi connectivity index (χ4v) is 4.49. The number of halogens is 1. The van der Waals surface area contributed by atoms with E-state index in [0.717, 1.165) is 18.8 Å². The van der Waals surface area contributed by atoms with E-state index in [1.165, 1.54) is 24.8 Å². The molecule has 1 aliphatic heterocycles. The average molecular weight is 406 g/mol. The number of aromatic nitrogens is 5. The van der Waals surface area contributed by atoms with Crippen LogP contribution in [-0.2, 0) is 0 Å². The van der Waals surface area contributed by atoms with E-state index in [0.29, 0.717) is 45.3 Å². The Labute approximate surface area is 170 Å². The number of hydrogen-bond donors (Lipinski definition) is 3. The van der Waals surface area contributed by atoms with Crippen LogP contribution in [0.15, 0.2) is 30.9 Å². The molecule has 3 aromatic heterocycles. The van der Waals surface area contributed by atoms with Crippen LogP contribution < -0.4 is 20.7 Å². The van der Waals surface area contributed by atoms with Crippen molar-refractivity contribution in [3.8, 4) is 11.8 Å². The van der Waals surface area contributed by atoms with E-state index in [1.54, 1.807) is 13.1 Å². The minimum atomic E-state index is -0.328. The first-order valence-electron chi connectivity index (χ1n) is 9.77. The minimum absolute atomic E-state index is 0.148. The molecule has 2 fully saturated rings. The van der Waals surface area contributed by atoms with Crippen LogP contribution in [0.3, 0.4) is 0 Å². The lowest BCUT2D eigenvalue weighted by Crippen LogP contribution is -2.29. The molecule has 10 heteroatoms. The van der Waals surface area contributed by atoms with Crippen molar-refractivity contribution in [2.75, 3.05) is 30.4 Å². The molecule has 0 bridgehead atoms. The first-order valence-corrected chi connectivity index (χ1v) is 9.77. The van der Waals surface area contributed by atoms with E-state index in [1.807, 2.05) is 0 Å². The Morgan fingerprint density at radius 3 is 2.67 bits per heavy atom. The third kappa shape index (κ3) is 2.50. The van der Waals surface area contributed by atoms with Gasteiger partial charge in [0.1, 0.15) is 23.6 Å². The summed E-state index contributed by atoms with van der Waals surface area (Å²) < 4.78 is 20.7. The maximum Gasteiger partial charge on any atom is 0.326 e. The molecule has 9 nitrogen and oxygen atoms in total. The van der Waals surface area contributed by atoms with Gasteiger partial charge in [0.15, 0.2) is 5.75 Å². The van der Waals surface area contributed by atoms with Gasteiger partial charge in [-0.05, 0) is 24.0 Å². The maximum absolute atomic E-state index is 14.9. The second kappa shape index (κ2) is 6.23. The number of ether oxygens (including phenoxy) is 1. The molecule has 152 valence electrons. The van der Waals surface area contributed by atoms with E-state index in [9.17, 15) is 4.39 Å². The number of H-pyrrole nitrogens is 1. The van der Waals surface area contributed by atoms with Crippen LogP contribution in [0.25, 0.3) is 21.9 Å². The Kier molecular flexibility index (Phi) is 3.60. The van der Waals surface area contributed by atoms with Crippen LogP contribution in [0.2, 0.25) is 0 Å². The highest BCUT2D eigenvalue weighted by Crippen LogP contribution is 2.47. The number of nitrogens with zero attached hydrogens (tertiary/aromatic N) is 5. The van der Waals surface area contributed by atoms with Gasteiger partial charge >= 0.3 is 6.01 Å². The lowest BCUT2D eigenvalue weighted by molar-refractivity contribution is 0.439. The number of anilines is 2. The van der Waals surface area contributed by atoms with Gasteiger partial charge < -0.3 is 25.7 Å². The number of rotatable bonds is 4. The summed E-state index contributed by atoms with van der Waals surface area (Å²) in [4.78, 5) is 22.5. The molecule has 4 N–H and O–H groups in total. The zero-order valence-corrected chi connectivity index (χ0v) is 16.1. The summed E-state index contributed by atoms with van der Waals surface area (Å²) in [6, 6.07) is 3.54. The molecule has 2 atom stereocenters. The summed E-state index contributed by atoms with van der Waals surface area (Å²) in [5.41, 5.74) is 8.05. The molecule has 4 heterocycles. The minimum Gasteiger partial charge on any atom is -0.421 e. The van der Waals surface area contributed by atoms with Crippen LogP contribution in [-0.4, -0.2) is 51.1 Å². The Hall–Kier alpha value is -3.53. The van der Waals surface area contributed by atoms with Crippen molar-refractivity contribution < 1.29 is 9.13 Å². The van der Waals surface area contributed by atoms with Crippen LogP contribution in [0, 0.1) is 17.7 Å². The van der Waals surface area contributed by atoms with E-state index < -0.39 is 0 Å². The molecular weight excluding hydrogens is 387 g/mol. The fraction of sp³-hybridized carbons (Fsp3) is 0.300. The summed E-state index contributed by atoms with van der Waals surface area (Å²) in [6.07, 6.45) is 4.49. The first kappa shape index (κ1) is 17.3. The molecule has 2 aliphatic rings. The smallest absolute Gasteiger partial charge is 0.326 e. The van der Waals surface area contributed by atoms with Crippen molar-refractivity contribution in [2.24, 2.45) is 17.6 Å². The normalized spacial score (nSPS) is 22.5. The first-order chi connectivity index (χ1) is 14.6. The summed E-state index contributed by atoms with van der Waals surface area (Å²) in [5, 5.41) is 4.21. The van der Waals surface area contributed by atoms with Crippen molar-refractivity contribution in [1.29, 1.82) is 0 Å². The summed E-state index contributed by atoms with van der Waals surface area (Å²) >= 11 is 0. The molecule has 0 spiro atoms. The lowest BCUT2D eigenvalue weighted by Gasteiger charge is -2.21. The highest BCUT2D eigenvalue weighted by molar-refractivity contribution is 6.14. The highest BCUT2D eigenvalue weighted by Gasteiger charge is 2.54. The molecule has 4 aromatic rings. The number of hydrogen-bond acceptors (Lipinski definition) is 8. The molecule has 1 aromatic carbocycles. The standard InChI is InChI=1S/C20H19FN8O/c1-23-13-3-2-12(21)14-15-18(26-17(13)14)27-20(30-9-4-24-8-25-5-9)28-19(15)29-6-10-11(7-29)16(10)22/h2-5,8,10-11,16,23H,6-7,22H2,1H3,(H,26,27,28). The van der Waals surface area contributed by atoms with E-state index in [-0.39, 0.29) is 17.9 Å². The zero-order valence-electron chi connectivity index (χ0n) is 16.1. The third-order valence-corrected chi connectivity index (χ3v) is 6.09. The highest BCUT2D eigenvalue weighted by atomic mass is 19.1. The van der Waals surface area contributed by atoms with Crippen molar-refractivity contribution in [3.63, 3.8) is 0 Å². The fourth-order valence-electron chi connectivity index (χ4n) is 4.49. The van der Waals surface area contributed by atoms with Crippen LogP contribution in [0.1, 0.15) is 0 Å². The zero-order chi connectivity index (χ0) is 20.4. The molecular formula is C20H19FN8O. The molecule has 0 amide bonds. The van der Waals surface area contributed by atoms with Gasteiger partial charge in [-0.25, -0.2) is 14.4 Å². The number of aromatic amines is 1. The van der Waals surface area contributed by atoms with Gasteiger partial charge in [0.25, 0.3) is 0 Å². The summed E-state index contributed by atoms with van der Waals surface area (Å²) in [7, 11) is 1.80. The quantitative estimate of drug-likeness (QED) is 0.472. The van der Waals surface area contributed by atoms with E-state index in [2.05, 4.69) is 35.1 Å². The van der Waals surface area contributed by atoms with Gasteiger partial charge in [-0.2, -0.15) is 9.97 Å².